The summed E-state index contributed by atoms with van der Waals surface area (Å²) in [6, 6.07) is 1.48. The van der Waals surface area contributed by atoms with Crippen molar-refractivity contribution in [2.24, 2.45) is 0 Å². The van der Waals surface area contributed by atoms with Crippen molar-refractivity contribution in [2.45, 2.75) is 18.9 Å². The fourth-order valence-corrected chi connectivity index (χ4v) is 1.69. The monoisotopic (exact) mass is 234 g/mol. The molecule has 1 fully saturated rings. The van der Waals surface area contributed by atoms with Gasteiger partial charge in [-0.2, -0.15) is 0 Å². The molecular formula is C11H14N4O2. The average molecular weight is 234 g/mol. The lowest BCUT2D eigenvalue weighted by Crippen LogP contribution is -2.47. The molecule has 0 bridgehead atoms. The van der Waals surface area contributed by atoms with Gasteiger partial charge in [-0.1, -0.05) is 0 Å². The minimum Gasteiger partial charge on any atom is -0.387 e. The highest BCUT2D eigenvalue weighted by Gasteiger charge is 2.26. The second-order valence-electron chi connectivity index (χ2n) is 3.86. The van der Waals surface area contributed by atoms with Gasteiger partial charge >= 0.3 is 0 Å². The molecule has 1 unspecified atom stereocenters. The number of hydrogen-bond donors (Lipinski definition) is 3. The van der Waals surface area contributed by atoms with Crippen LogP contribution in [0.3, 0.4) is 0 Å². The summed E-state index contributed by atoms with van der Waals surface area (Å²) in [5, 5.41) is 8.33. The Hall–Kier alpha value is -2.11. The minimum atomic E-state index is -0.374. The lowest BCUT2D eigenvalue weighted by molar-refractivity contribution is -0.133. The predicted molar refractivity (Wildman–Crippen MR) is 63.6 cm³/mol. The van der Waals surface area contributed by atoms with Gasteiger partial charge in [-0.25, -0.2) is 0 Å². The third-order valence-corrected chi connectivity index (χ3v) is 2.61. The van der Waals surface area contributed by atoms with Gasteiger partial charge in [0.1, 0.15) is 6.04 Å². The molecule has 0 saturated carbocycles. The Morgan fingerprint density at radius 2 is 2.12 bits per heavy atom. The Bertz CT molecular complexity index is 447. The summed E-state index contributed by atoms with van der Waals surface area (Å²) in [5.74, 6) is -0.494. The number of imide groups is 1. The van der Waals surface area contributed by atoms with Crippen LogP contribution in [-0.2, 0) is 9.59 Å². The van der Waals surface area contributed by atoms with Crippen molar-refractivity contribution in [1.29, 1.82) is 0 Å². The number of nitrogens with one attached hydrogen (secondary N) is 3. The summed E-state index contributed by atoms with van der Waals surface area (Å²) in [4.78, 5) is 26.6. The minimum absolute atomic E-state index is 0.213. The Morgan fingerprint density at radius 1 is 1.35 bits per heavy atom. The zero-order valence-electron chi connectivity index (χ0n) is 9.49. The van der Waals surface area contributed by atoms with Gasteiger partial charge in [0, 0.05) is 13.5 Å². The number of pyridine rings is 1. The van der Waals surface area contributed by atoms with E-state index in [4.69, 9.17) is 0 Å². The van der Waals surface area contributed by atoms with E-state index in [9.17, 15) is 9.59 Å². The SMILES string of the molecule is CNc1cncc(NC2CCC(=O)NC2=O)c1. The number of aromatic nitrogens is 1. The number of amides is 2. The average Bonchev–Trinajstić information content (AvgIpc) is 2.33. The van der Waals surface area contributed by atoms with Crippen molar-refractivity contribution < 1.29 is 9.59 Å². The quantitative estimate of drug-likeness (QED) is 0.657. The molecule has 17 heavy (non-hydrogen) atoms. The molecule has 3 N–H and O–H groups in total. The van der Waals surface area contributed by atoms with E-state index in [1.165, 1.54) is 0 Å². The fourth-order valence-electron chi connectivity index (χ4n) is 1.69. The van der Waals surface area contributed by atoms with Crippen molar-refractivity contribution in [2.75, 3.05) is 17.7 Å². The number of carbonyl (C=O) groups excluding carboxylic acids is 2. The lowest BCUT2D eigenvalue weighted by Gasteiger charge is -2.22. The first-order valence-corrected chi connectivity index (χ1v) is 5.42. The van der Waals surface area contributed by atoms with Crippen LogP contribution in [0.4, 0.5) is 11.4 Å². The van der Waals surface area contributed by atoms with Gasteiger partial charge in [-0.05, 0) is 12.5 Å². The van der Waals surface area contributed by atoms with Gasteiger partial charge in [0.2, 0.25) is 11.8 Å². The van der Waals surface area contributed by atoms with Crippen LogP contribution in [0.15, 0.2) is 18.5 Å². The van der Waals surface area contributed by atoms with Gasteiger partial charge in [0.25, 0.3) is 0 Å². The normalized spacial score (nSPS) is 19.7. The molecule has 2 heterocycles. The van der Waals surface area contributed by atoms with E-state index in [2.05, 4.69) is 20.9 Å². The van der Waals surface area contributed by atoms with Gasteiger partial charge < -0.3 is 10.6 Å². The van der Waals surface area contributed by atoms with Crippen molar-refractivity contribution in [3.8, 4) is 0 Å². The van der Waals surface area contributed by atoms with Crippen LogP contribution in [0.1, 0.15) is 12.8 Å². The van der Waals surface area contributed by atoms with Crippen LogP contribution >= 0.6 is 0 Å². The molecule has 0 aromatic carbocycles. The molecule has 1 aromatic rings. The van der Waals surface area contributed by atoms with E-state index < -0.39 is 0 Å². The highest BCUT2D eigenvalue weighted by atomic mass is 16.2. The first-order chi connectivity index (χ1) is 8.19. The number of rotatable bonds is 3. The molecule has 1 aromatic heterocycles. The summed E-state index contributed by atoms with van der Waals surface area (Å²) >= 11 is 0. The molecule has 2 amide bonds. The molecule has 6 nitrogen and oxygen atoms in total. The number of anilines is 2. The number of carbonyl (C=O) groups is 2. The van der Waals surface area contributed by atoms with Crippen molar-refractivity contribution in [3.05, 3.63) is 18.5 Å². The van der Waals surface area contributed by atoms with Crippen molar-refractivity contribution in [1.82, 2.24) is 10.3 Å². The van der Waals surface area contributed by atoms with Gasteiger partial charge in [-0.3, -0.25) is 19.9 Å². The third kappa shape index (κ3) is 2.72. The largest absolute Gasteiger partial charge is 0.387 e. The summed E-state index contributed by atoms with van der Waals surface area (Å²) in [5.41, 5.74) is 1.62. The second-order valence-corrected chi connectivity index (χ2v) is 3.86. The van der Waals surface area contributed by atoms with Crippen molar-refractivity contribution >= 4 is 23.2 Å². The number of hydrogen-bond acceptors (Lipinski definition) is 5. The topological polar surface area (TPSA) is 83.1 Å². The zero-order valence-corrected chi connectivity index (χ0v) is 9.49. The molecule has 0 radical (unpaired) electrons. The van der Waals surface area contributed by atoms with E-state index in [1.54, 1.807) is 19.4 Å². The Morgan fingerprint density at radius 3 is 2.82 bits per heavy atom. The third-order valence-electron chi connectivity index (χ3n) is 2.61. The highest BCUT2D eigenvalue weighted by Crippen LogP contribution is 2.16. The van der Waals surface area contributed by atoms with Gasteiger partial charge in [0.15, 0.2) is 0 Å². The second kappa shape index (κ2) is 4.82. The summed E-state index contributed by atoms with van der Waals surface area (Å²) in [6.45, 7) is 0. The predicted octanol–water partition coefficient (Wildman–Crippen LogP) is 0.340. The van der Waals surface area contributed by atoms with Gasteiger partial charge in [0.05, 0.1) is 23.8 Å². The van der Waals surface area contributed by atoms with Crippen molar-refractivity contribution in [3.63, 3.8) is 0 Å². The van der Waals surface area contributed by atoms with E-state index in [-0.39, 0.29) is 17.9 Å². The van der Waals surface area contributed by atoms with E-state index in [0.717, 1.165) is 11.4 Å². The van der Waals surface area contributed by atoms with E-state index in [0.29, 0.717) is 12.8 Å². The Balaban J connectivity index is 2.05. The zero-order chi connectivity index (χ0) is 12.3. The number of nitrogens with zero attached hydrogens (tertiary/aromatic N) is 1. The molecule has 6 heteroatoms. The van der Waals surface area contributed by atoms with Crippen LogP contribution in [-0.4, -0.2) is 29.9 Å². The molecule has 0 spiro atoms. The first kappa shape index (κ1) is 11.4. The van der Waals surface area contributed by atoms with Crippen LogP contribution in [0, 0.1) is 0 Å². The lowest BCUT2D eigenvalue weighted by atomic mass is 10.1. The standard InChI is InChI=1S/C11H14N4O2/c1-12-7-4-8(6-13-5-7)14-9-2-3-10(16)15-11(9)17/h4-6,9,12,14H,2-3H2,1H3,(H,15,16,17). The Kier molecular flexibility index (Phi) is 3.22. The summed E-state index contributed by atoms with van der Waals surface area (Å²) in [7, 11) is 1.80. The van der Waals surface area contributed by atoms with Crippen LogP contribution in [0.2, 0.25) is 0 Å². The molecule has 0 aliphatic carbocycles. The Labute approximate surface area is 98.8 Å². The molecule has 1 aliphatic heterocycles. The molecule has 1 atom stereocenters. The maximum atomic E-state index is 11.5. The summed E-state index contributed by atoms with van der Waals surface area (Å²) in [6.07, 6.45) is 4.21. The van der Waals surface area contributed by atoms with E-state index in [1.807, 2.05) is 6.07 Å². The molecule has 1 saturated heterocycles. The molecule has 2 rings (SSSR count). The molecule has 1 aliphatic rings. The smallest absolute Gasteiger partial charge is 0.249 e. The maximum absolute atomic E-state index is 11.5. The van der Waals surface area contributed by atoms with Crippen LogP contribution in [0.5, 0.6) is 0 Å². The van der Waals surface area contributed by atoms with Crippen LogP contribution in [0.25, 0.3) is 0 Å². The fraction of sp³-hybridized carbons (Fsp3) is 0.364. The van der Waals surface area contributed by atoms with Crippen LogP contribution < -0.4 is 16.0 Å². The molecular weight excluding hydrogens is 220 g/mol. The first-order valence-electron chi connectivity index (χ1n) is 5.42. The number of piperidine rings is 1. The summed E-state index contributed by atoms with van der Waals surface area (Å²) < 4.78 is 0. The maximum Gasteiger partial charge on any atom is 0.249 e. The van der Waals surface area contributed by atoms with E-state index >= 15 is 0 Å². The highest BCUT2D eigenvalue weighted by molar-refractivity contribution is 6.01. The molecule has 90 valence electrons. The van der Waals surface area contributed by atoms with Gasteiger partial charge in [-0.15, -0.1) is 0 Å².